The van der Waals surface area contributed by atoms with Gasteiger partial charge in [-0.1, -0.05) is 0 Å². The average molecular weight is 261 g/mol. The molecular weight excluding hydrogens is 242 g/mol. The summed E-state index contributed by atoms with van der Waals surface area (Å²) >= 11 is 0. The van der Waals surface area contributed by atoms with Crippen LogP contribution in [0.3, 0.4) is 0 Å². The molecule has 2 aromatic heterocycles. The number of hydrogen-bond donors (Lipinski definition) is 1. The molecule has 2 rings (SSSR count). The number of nitrogens with two attached hydrogens (primary N) is 1. The average Bonchev–Trinajstić information content (AvgIpc) is 2.76. The van der Waals surface area contributed by atoms with Gasteiger partial charge in [0, 0.05) is 36.7 Å². The summed E-state index contributed by atoms with van der Waals surface area (Å²) in [4.78, 5) is 20.9. The van der Waals surface area contributed by atoms with Gasteiger partial charge < -0.3 is 10.3 Å². The fraction of sp³-hybridized carbons (Fsp3) is 0.462. The van der Waals surface area contributed by atoms with Crippen LogP contribution in [-0.2, 0) is 12.0 Å². The van der Waals surface area contributed by atoms with Gasteiger partial charge in [-0.25, -0.2) is 9.97 Å². The van der Waals surface area contributed by atoms with E-state index in [1.54, 1.807) is 33.9 Å². The van der Waals surface area contributed by atoms with E-state index in [1.165, 1.54) is 0 Å². The lowest BCUT2D eigenvalue weighted by molar-refractivity contribution is 0.381. The molecule has 0 aromatic carbocycles. The second-order valence-electron chi connectivity index (χ2n) is 5.35. The molecule has 2 aromatic rings. The third-order valence-corrected chi connectivity index (χ3v) is 2.86. The van der Waals surface area contributed by atoms with Crippen molar-refractivity contribution < 1.29 is 0 Å². The van der Waals surface area contributed by atoms with Crippen molar-refractivity contribution in [2.75, 3.05) is 6.54 Å². The Morgan fingerprint density at radius 1 is 1.21 bits per heavy atom. The molecule has 0 amide bonds. The molecular formula is C13H19N5O. The van der Waals surface area contributed by atoms with E-state index in [9.17, 15) is 4.79 Å². The first kappa shape index (κ1) is 13.5. The van der Waals surface area contributed by atoms with Crippen molar-refractivity contribution in [1.29, 1.82) is 0 Å². The molecule has 0 radical (unpaired) electrons. The van der Waals surface area contributed by atoms with Gasteiger partial charge in [-0.15, -0.1) is 0 Å². The van der Waals surface area contributed by atoms with E-state index in [4.69, 9.17) is 5.73 Å². The van der Waals surface area contributed by atoms with Gasteiger partial charge in [-0.05, 0) is 27.3 Å². The minimum absolute atomic E-state index is 0.133. The summed E-state index contributed by atoms with van der Waals surface area (Å²) in [5, 5.41) is 0. The van der Waals surface area contributed by atoms with Crippen LogP contribution in [0.4, 0.5) is 0 Å². The van der Waals surface area contributed by atoms with Crippen LogP contribution in [0.25, 0.3) is 5.82 Å². The summed E-state index contributed by atoms with van der Waals surface area (Å²) in [6, 6.07) is 0. The van der Waals surface area contributed by atoms with E-state index in [1.807, 2.05) is 20.8 Å². The Hall–Kier alpha value is -1.95. The van der Waals surface area contributed by atoms with Crippen molar-refractivity contribution >= 4 is 0 Å². The minimum Gasteiger partial charge on any atom is -0.330 e. The molecule has 0 unspecified atom stereocenters. The second-order valence-corrected chi connectivity index (χ2v) is 5.35. The lowest BCUT2D eigenvalue weighted by atomic mass is 10.1. The number of rotatable bonds is 3. The molecule has 102 valence electrons. The maximum atomic E-state index is 12.5. The molecule has 19 heavy (non-hydrogen) atoms. The van der Waals surface area contributed by atoms with Gasteiger partial charge in [-0.2, -0.15) is 0 Å². The molecule has 6 heteroatoms. The summed E-state index contributed by atoms with van der Waals surface area (Å²) in [5.74, 6) is 1.11. The molecule has 0 saturated heterocycles. The Morgan fingerprint density at radius 2 is 1.89 bits per heavy atom. The smallest absolute Gasteiger partial charge is 0.294 e. The van der Waals surface area contributed by atoms with Gasteiger partial charge in [0.15, 0.2) is 0 Å². The van der Waals surface area contributed by atoms with Gasteiger partial charge >= 0.3 is 0 Å². The van der Waals surface area contributed by atoms with E-state index in [2.05, 4.69) is 9.97 Å². The number of hydrogen-bond acceptors (Lipinski definition) is 4. The molecule has 0 saturated carbocycles. The summed E-state index contributed by atoms with van der Waals surface area (Å²) in [5.41, 5.74) is 5.13. The maximum absolute atomic E-state index is 12.5. The fourth-order valence-corrected chi connectivity index (χ4v) is 1.94. The van der Waals surface area contributed by atoms with E-state index in [0.717, 1.165) is 5.82 Å². The highest BCUT2D eigenvalue weighted by molar-refractivity contribution is 5.22. The first-order chi connectivity index (χ1) is 8.95. The topological polar surface area (TPSA) is 78.7 Å². The van der Waals surface area contributed by atoms with Crippen LogP contribution < -0.4 is 11.3 Å². The summed E-state index contributed by atoms with van der Waals surface area (Å²) in [6.45, 7) is 6.42. The van der Waals surface area contributed by atoms with Crippen molar-refractivity contribution in [3.63, 3.8) is 0 Å². The molecule has 0 aliphatic heterocycles. The molecule has 0 aliphatic rings. The predicted molar refractivity (Wildman–Crippen MR) is 73.4 cm³/mol. The highest BCUT2D eigenvalue weighted by atomic mass is 16.1. The van der Waals surface area contributed by atoms with Crippen molar-refractivity contribution in [2.24, 2.45) is 5.73 Å². The maximum Gasteiger partial charge on any atom is 0.294 e. The first-order valence-electron chi connectivity index (χ1n) is 6.26. The zero-order valence-corrected chi connectivity index (χ0v) is 11.5. The van der Waals surface area contributed by atoms with Crippen molar-refractivity contribution in [1.82, 2.24) is 19.1 Å². The van der Waals surface area contributed by atoms with E-state index >= 15 is 0 Å². The Kier molecular flexibility index (Phi) is 3.53. The molecule has 0 atom stereocenters. The van der Waals surface area contributed by atoms with E-state index in [0.29, 0.717) is 18.8 Å². The van der Waals surface area contributed by atoms with E-state index in [-0.39, 0.29) is 11.1 Å². The van der Waals surface area contributed by atoms with Crippen molar-refractivity contribution in [3.05, 3.63) is 41.0 Å². The molecule has 6 nitrogen and oxygen atoms in total. The Bertz CT molecular complexity index is 620. The van der Waals surface area contributed by atoms with Crippen LogP contribution in [0.1, 0.15) is 26.6 Å². The third kappa shape index (κ3) is 2.58. The zero-order chi connectivity index (χ0) is 14.0. The summed E-state index contributed by atoms with van der Waals surface area (Å²) in [6.07, 6.45) is 7.33. The summed E-state index contributed by atoms with van der Waals surface area (Å²) in [7, 11) is 0. The van der Waals surface area contributed by atoms with Crippen LogP contribution in [0, 0.1) is 0 Å². The highest BCUT2D eigenvalue weighted by Gasteiger charge is 2.18. The first-order valence-corrected chi connectivity index (χ1v) is 6.26. The van der Waals surface area contributed by atoms with Gasteiger partial charge in [-0.3, -0.25) is 9.36 Å². The van der Waals surface area contributed by atoms with Crippen LogP contribution in [0.15, 0.2) is 29.6 Å². The number of nitrogens with zero attached hydrogens (tertiary/aromatic N) is 4. The molecule has 2 N–H and O–H groups in total. The van der Waals surface area contributed by atoms with Gasteiger partial charge in [0.2, 0.25) is 5.82 Å². The zero-order valence-electron chi connectivity index (χ0n) is 11.5. The van der Waals surface area contributed by atoms with Crippen LogP contribution in [0.2, 0.25) is 0 Å². The standard InChI is InChI=1S/C13H19N5O/c1-13(2,3)18-9-7-16-11(12(18)19)17-8-6-15-10(17)4-5-14/h6-9H,4-5,14H2,1-3H3. The highest BCUT2D eigenvalue weighted by Crippen LogP contribution is 2.11. The molecule has 0 bridgehead atoms. The Morgan fingerprint density at radius 3 is 2.53 bits per heavy atom. The molecule has 0 spiro atoms. The van der Waals surface area contributed by atoms with Crippen LogP contribution in [0.5, 0.6) is 0 Å². The van der Waals surface area contributed by atoms with Crippen LogP contribution in [-0.4, -0.2) is 25.6 Å². The SMILES string of the molecule is CC(C)(C)n1ccnc(-n2ccnc2CCN)c1=O. The fourth-order valence-electron chi connectivity index (χ4n) is 1.94. The van der Waals surface area contributed by atoms with E-state index < -0.39 is 0 Å². The quantitative estimate of drug-likeness (QED) is 0.881. The van der Waals surface area contributed by atoms with Gasteiger partial charge in [0.1, 0.15) is 5.82 Å². The largest absolute Gasteiger partial charge is 0.330 e. The second kappa shape index (κ2) is 4.97. The lowest BCUT2D eigenvalue weighted by Gasteiger charge is -2.22. The van der Waals surface area contributed by atoms with Crippen LogP contribution >= 0.6 is 0 Å². The Labute approximate surface area is 111 Å². The summed E-state index contributed by atoms with van der Waals surface area (Å²) < 4.78 is 3.37. The predicted octanol–water partition coefficient (Wildman–Crippen LogP) is 0.685. The lowest BCUT2D eigenvalue weighted by Crippen LogP contribution is -2.36. The monoisotopic (exact) mass is 261 g/mol. The third-order valence-electron chi connectivity index (χ3n) is 2.86. The number of aromatic nitrogens is 4. The number of imidazole rings is 1. The minimum atomic E-state index is -0.288. The Balaban J connectivity index is 2.58. The van der Waals surface area contributed by atoms with Crippen molar-refractivity contribution in [2.45, 2.75) is 32.7 Å². The molecule has 0 fully saturated rings. The molecule has 0 aliphatic carbocycles. The normalized spacial score (nSPS) is 11.8. The van der Waals surface area contributed by atoms with Crippen molar-refractivity contribution in [3.8, 4) is 5.82 Å². The van der Waals surface area contributed by atoms with Gasteiger partial charge in [0.05, 0.1) is 0 Å². The van der Waals surface area contributed by atoms with Gasteiger partial charge in [0.25, 0.3) is 5.56 Å². The molecule has 2 heterocycles.